The second-order valence-corrected chi connectivity index (χ2v) is 9.92. The fraction of sp³-hybridized carbons (Fsp3) is 0.583. The summed E-state index contributed by atoms with van der Waals surface area (Å²) in [6.07, 6.45) is 0.847. The molecule has 1 fully saturated rings. The van der Waals surface area contributed by atoms with Crippen molar-refractivity contribution < 1.29 is 13.2 Å². The first-order valence-electron chi connectivity index (χ1n) is 6.49. The van der Waals surface area contributed by atoms with Gasteiger partial charge >= 0.3 is 0 Å². The Balaban J connectivity index is 0.00000242. The zero-order chi connectivity index (χ0) is 15.7. The lowest BCUT2D eigenvalue weighted by Gasteiger charge is -2.22. The number of hydrogen-bond acceptors (Lipinski definition) is 5. The van der Waals surface area contributed by atoms with Crippen molar-refractivity contribution in [3.05, 3.63) is 15.9 Å². The van der Waals surface area contributed by atoms with Gasteiger partial charge in [-0.15, -0.1) is 23.7 Å². The highest BCUT2D eigenvalue weighted by atomic mass is 79.9. The topological polar surface area (TPSA) is 92.5 Å². The first kappa shape index (κ1) is 19.9. The Labute approximate surface area is 149 Å². The number of likely N-dealkylation sites (tertiary alicyclic amines) is 1. The number of nitrogens with zero attached hydrogens (tertiary/aromatic N) is 1. The maximum Gasteiger partial charge on any atom is 0.250 e. The molecule has 1 aromatic heterocycles. The molecule has 0 aromatic carbocycles. The molecule has 1 amide bonds. The summed E-state index contributed by atoms with van der Waals surface area (Å²) in [6, 6.07) is 3.16. The Bertz CT molecular complexity index is 637. The highest BCUT2D eigenvalue weighted by Gasteiger charge is 2.35. The van der Waals surface area contributed by atoms with E-state index < -0.39 is 10.0 Å². The zero-order valence-electron chi connectivity index (χ0n) is 12.0. The number of nitrogens with one attached hydrogen (secondary N) is 1. The maximum absolute atomic E-state index is 12.1. The number of nitrogens with two attached hydrogens (primary N) is 1. The number of halogens is 2. The number of thiophene rings is 1. The lowest BCUT2D eigenvalue weighted by atomic mass is 9.90. The third kappa shape index (κ3) is 4.65. The predicted molar refractivity (Wildman–Crippen MR) is 92.8 cm³/mol. The molecule has 0 radical (unpaired) electrons. The SMILES string of the molecule is CC1(CN)CCN(C(=O)CNS(=O)(=O)c2ccc(Br)s2)C1.Cl. The van der Waals surface area contributed by atoms with Crippen molar-refractivity contribution in [2.45, 2.75) is 17.6 Å². The van der Waals surface area contributed by atoms with Gasteiger partial charge < -0.3 is 10.6 Å². The third-order valence-corrected chi connectivity index (χ3v) is 7.15. The third-order valence-electron chi connectivity index (χ3n) is 3.63. The molecule has 126 valence electrons. The largest absolute Gasteiger partial charge is 0.341 e. The highest BCUT2D eigenvalue weighted by Crippen LogP contribution is 2.28. The molecule has 1 aromatic rings. The summed E-state index contributed by atoms with van der Waals surface area (Å²) in [5, 5.41) is 0. The molecule has 1 aliphatic rings. The molecule has 10 heteroatoms. The van der Waals surface area contributed by atoms with Crippen LogP contribution in [0.4, 0.5) is 0 Å². The Kier molecular flexibility index (Phi) is 6.85. The van der Waals surface area contributed by atoms with E-state index in [4.69, 9.17) is 5.73 Å². The summed E-state index contributed by atoms with van der Waals surface area (Å²) in [5.41, 5.74) is 5.64. The van der Waals surface area contributed by atoms with Crippen molar-refractivity contribution in [2.75, 3.05) is 26.2 Å². The van der Waals surface area contributed by atoms with Crippen LogP contribution in [-0.2, 0) is 14.8 Å². The second-order valence-electron chi connectivity index (χ2n) is 5.46. The van der Waals surface area contributed by atoms with E-state index in [9.17, 15) is 13.2 Å². The number of sulfonamides is 1. The highest BCUT2D eigenvalue weighted by molar-refractivity contribution is 9.11. The van der Waals surface area contributed by atoms with E-state index in [2.05, 4.69) is 20.7 Å². The van der Waals surface area contributed by atoms with E-state index >= 15 is 0 Å². The molecule has 0 bridgehead atoms. The van der Waals surface area contributed by atoms with Gasteiger partial charge in [0.25, 0.3) is 10.0 Å². The monoisotopic (exact) mass is 431 g/mol. The maximum atomic E-state index is 12.1. The quantitative estimate of drug-likeness (QED) is 0.736. The van der Waals surface area contributed by atoms with Crippen molar-refractivity contribution in [3.8, 4) is 0 Å². The van der Waals surface area contributed by atoms with Crippen LogP contribution in [0.1, 0.15) is 13.3 Å². The van der Waals surface area contributed by atoms with Gasteiger partial charge in [-0.3, -0.25) is 4.79 Å². The van der Waals surface area contributed by atoms with Gasteiger partial charge in [0.2, 0.25) is 5.91 Å². The van der Waals surface area contributed by atoms with Gasteiger partial charge in [-0.05, 0) is 46.4 Å². The lowest BCUT2D eigenvalue weighted by molar-refractivity contribution is -0.129. The van der Waals surface area contributed by atoms with Gasteiger partial charge in [0, 0.05) is 13.1 Å². The van der Waals surface area contributed by atoms with E-state index in [-0.39, 0.29) is 34.5 Å². The van der Waals surface area contributed by atoms with Crippen LogP contribution >= 0.6 is 39.7 Å². The minimum atomic E-state index is -3.63. The number of carbonyl (C=O) groups excluding carboxylic acids is 1. The number of carbonyl (C=O) groups is 1. The normalized spacial score (nSPS) is 21.7. The molecule has 6 nitrogen and oxygen atoms in total. The van der Waals surface area contributed by atoms with Crippen molar-refractivity contribution in [2.24, 2.45) is 11.1 Å². The summed E-state index contributed by atoms with van der Waals surface area (Å²) in [6.45, 7) is 3.53. The van der Waals surface area contributed by atoms with Crippen LogP contribution in [0.2, 0.25) is 0 Å². The number of rotatable bonds is 5. The molecule has 3 N–H and O–H groups in total. The van der Waals surface area contributed by atoms with E-state index in [1.807, 2.05) is 6.92 Å². The van der Waals surface area contributed by atoms with Crippen molar-refractivity contribution in [1.82, 2.24) is 9.62 Å². The van der Waals surface area contributed by atoms with Gasteiger partial charge in [0.15, 0.2) is 0 Å². The minimum Gasteiger partial charge on any atom is -0.341 e. The van der Waals surface area contributed by atoms with Crippen LogP contribution in [0.25, 0.3) is 0 Å². The number of hydrogen-bond donors (Lipinski definition) is 2. The van der Waals surface area contributed by atoms with Gasteiger partial charge in [-0.2, -0.15) is 0 Å². The van der Waals surface area contributed by atoms with Crippen LogP contribution in [0.5, 0.6) is 0 Å². The van der Waals surface area contributed by atoms with Crippen LogP contribution < -0.4 is 10.5 Å². The van der Waals surface area contributed by atoms with Gasteiger partial charge in [-0.1, -0.05) is 6.92 Å². The first-order chi connectivity index (χ1) is 9.76. The van der Waals surface area contributed by atoms with Crippen molar-refractivity contribution >= 4 is 55.6 Å². The van der Waals surface area contributed by atoms with Crippen molar-refractivity contribution in [1.29, 1.82) is 0 Å². The van der Waals surface area contributed by atoms with Gasteiger partial charge in [0.05, 0.1) is 10.3 Å². The summed E-state index contributed by atoms with van der Waals surface area (Å²) in [5.74, 6) is -0.216. The zero-order valence-corrected chi connectivity index (χ0v) is 16.1. The van der Waals surface area contributed by atoms with Crippen molar-refractivity contribution in [3.63, 3.8) is 0 Å². The molecule has 1 unspecified atom stereocenters. The molecule has 1 saturated heterocycles. The predicted octanol–water partition coefficient (Wildman–Crippen LogP) is 1.41. The Hall–Kier alpha value is -0.190. The molecule has 1 aliphatic heterocycles. The number of amides is 1. The van der Waals surface area contributed by atoms with Crippen LogP contribution in [0, 0.1) is 5.41 Å². The summed E-state index contributed by atoms with van der Waals surface area (Å²) >= 11 is 4.32. The van der Waals surface area contributed by atoms with Crippen LogP contribution in [-0.4, -0.2) is 45.4 Å². The molecule has 2 rings (SSSR count). The molecular weight excluding hydrogens is 414 g/mol. The molecule has 1 atom stereocenters. The van der Waals surface area contributed by atoms with E-state index in [0.29, 0.717) is 19.6 Å². The Morgan fingerprint density at radius 1 is 1.55 bits per heavy atom. The molecule has 0 spiro atoms. The molecule has 0 aliphatic carbocycles. The average Bonchev–Trinajstić information content (AvgIpc) is 3.04. The average molecular weight is 433 g/mol. The molecule has 0 saturated carbocycles. The standard InChI is InChI=1S/C12H18BrN3O3S2.ClH/c1-12(7-14)4-5-16(8-12)10(17)6-15-21(18,19)11-3-2-9(13)20-11;/h2-3,15H,4-8,14H2,1H3;1H. The molecular formula is C12H19BrClN3O3S2. The lowest BCUT2D eigenvalue weighted by Crippen LogP contribution is -2.40. The van der Waals surface area contributed by atoms with E-state index in [1.54, 1.807) is 11.0 Å². The first-order valence-corrected chi connectivity index (χ1v) is 9.58. The van der Waals surface area contributed by atoms with Crippen LogP contribution in [0.3, 0.4) is 0 Å². The fourth-order valence-electron chi connectivity index (χ4n) is 2.19. The van der Waals surface area contributed by atoms with Gasteiger partial charge in [0.1, 0.15) is 4.21 Å². The van der Waals surface area contributed by atoms with E-state index in [0.717, 1.165) is 21.5 Å². The Morgan fingerprint density at radius 2 is 2.23 bits per heavy atom. The molecule has 22 heavy (non-hydrogen) atoms. The summed E-state index contributed by atoms with van der Waals surface area (Å²) in [4.78, 5) is 13.8. The molecule has 2 heterocycles. The van der Waals surface area contributed by atoms with Gasteiger partial charge in [-0.25, -0.2) is 13.1 Å². The summed E-state index contributed by atoms with van der Waals surface area (Å²) in [7, 11) is -3.63. The second kappa shape index (κ2) is 7.59. The minimum absolute atomic E-state index is 0. The summed E-state index contributed by atoms with van der Waals surface area (Å²) < 4.78 is 27.3. The van der Waals surface area contributed by atoms with Crippen LogP contribution in [0.15, 0.2) is 20.1 Å². The Morgan fingerprint density at radius 3 is 2.73 bits per heavy atom. The smallest absolute Gasteiger partial charge is 0.250 e. The fourth-order valence-corrected chi connectivity index (χ4v) is 5.21. The van der Waals surface area contributed by atoms with E-state index in [1.165, 1.54) is 6.07 Å².